The lowest BCUT2D eigenvalue weighted by Gasteiger charge is -2.15. The average Bonchev–Trinajstić information content (AvgIpc) is 3.15. The molecule has 0 aliphatic heterocycles. The summed E-state index contributed by atoms with van der Waals surface area (Å²) in [6, 6.07) is 18.5. The average molecular weight is 347 g/mol. The van der Waals surface area contributed by atoms with Crippen molar-refractivity contribution in [1.82, 2.24) is 20.1 Å². The van der Waals surface area contributed by atoms with Gasteiger partial charge in [0.1, 0.15) is 18.1 Å². The number of nitrogens with one attached hydrogen (secondary N) is 1. The van der Waals surface area contributed by atoms with Gasteiger partial charge in [-0.15, -0.1) is 10.2 Å². The summed E-state index contributed by atoms with van der Waals surface area (Å²) >= 11 is 0. The van der Waals surface area contributed by atoms with Crippen LogP contribution in [0.5, 0.6) is 5.75 Å². The Morgan fingerprint density at radius 3 is 2.73 bits per heavy atom. The van der Waals surface area contributed by atoms with E-state index in [2.05, 4.69) is 15.5 Å². The molecule has 0 aliphatic carbocycles. The van der Waals surface area contributed by atoms with Crippen molar-refractivity contribution in [2.75, 3.05) is 0 Å². The van der Waals surface area contributed by atoms with Gasteiger partial charge in [0.15, 0.2) is 11.9 Å². The van der Waals surface area contributed by atoms with E-state index in [9.17, 15) is 4.79 Å². The molecule has 2 aromatic carbocycles. The fourth-order valence-electron chi connectivity index (χ4n) is 2.40. The van der Waals surface area contributed by atoms with Gasteiger partial charge in [0.2, 0.25) is 0 Å². The number of carbonyl (C=O) groups excluding carboxylic acids is 1. The van der Waals surface area contributed by atoms with Crippen LogP contribution in [-0.2, 0) is 11.3 Å². The molecule has 0 fully saturated rings. The Bertz CT molecular complexity index is 930. The highest BCUT2D eigenvalue weighted by molar-refractivity contribution is 5.80. The van der Waals surface area contributed by atoms with Crippen LogP contribution < -0.4 is 10.1 Å². The number of rotatable bonds is 6. The Labute approximate surface area is 150 Å². The molecule has 0 aliphatic rings. The van der Waals surface area contributed by atoms with Crippen molar-refractivity contribution in [3.05, 3.63) is 72.3 Å². The molecule has 7 heteroatoms. The maximum absolute atomic E-state index is 12.3. The van der Waals surface area contributed by atoms with Gasteiger partial charge in [-0.05, 0) is 31.2 Å². The lowest BCUT2D eigenvalue weighted by atomic mass is 10.2. The molecule has 1 amide bonds. The highest BCUT2D eigenvalue weighted by Gasteiger charge is 2.17. The minimum atomic E-state index is -0.752. The van der Waals surface area contributed by atoms with Crippen molar-refractivity contribution >= 4 is 5.91 Å². The van der Waals surface area contributed by atoms with Gasteiger partial charge in [-0.1, -0.05) is 30.3 Å². The maximum atomic E-state index is 12.3. The van der Waals surface area contributed by atoms with Gasteiger partial charge in [0.25, 0.3) is 5.91 Å². The van der Waals surface area contributed by atoms with Crippen LogP contribution in [0.1, 0.15) is 18.3 Å². The molecule has 3 rings (SSSR count). The quantitative estimate of drug-likeness (QED) is 0.738. The summed E-state index contributed by atoms with van der Waals surface area (Å²) in [5.74, 6) is 0.680. The molecule has 1 aromatic heterocycles. The van der Waals surface area contributed by atoms with Crippen molar-refractivity contribution in [2.45, 2.75) is 19.6 Å². The van der Waals surface area contributed by atoms with E-state index in [4.69, 9.17) is 10.00 Å². The highest BCUT2D eigenvalue weighted by Crippen LogP contribution is 2.18. The topological polar surface area (TPSA) is 92.8 Å². The van der Waals surface area contributed by atoms with Gasteiger partial charge in [-0.3, -0.25) is 9.36 Å². The van der Waals surface area contributed by atoms with Crippen molar-refractivity contribution in [3.63, 3.8) is 0 Å². The first-order valence-corrected chi connectivity index (χ1v) is 8.07. The number of benzene rings is 2. The van der Waals surface area contributed by atoms with Crippen LogP contribution in [0.4, 0.5) is 0 Å². The van der Waals surface area contributed by atoms with E-state index in [1.54, 1.807) is 42.1 Å². The minimum Gasteiger partial charge on any atom is -0.480 e. The first kappa shape index (κ1) is 17.2. The summed E-state index contributed by atoms with van der Waals surface area (Å²) in [5.41, 5.74) is 1.30. The molecule has 26 heavy (non-hydrogen) atoms. The molecule has 1 atom stereocenters. The molecule has 0 unspecified atom stereocenters. The standard InChI is InChI=1S/C19H17N5O2/c1-14(26-17-10-6-5-7-15(17)11-20)19(25)21-12-18-23-22-13-24(18)16-8-3-2-4-9-16/h2-10,13-14H,12H2,1H3,(H,21,25)/t14-/m1/s1. The lowest BCUT2D eigenvalue weighted by Crippen LogP contribution is -2.36. The molecule has 0 bridgehead atoms. The van der Waals surface area contributed by atoms with E-state index in [0.29, 0.717) is 17.1 Å². The zero-order valence-electron chi connectivity index (χ0n) is 14.2. The second-order valence-electron chi connectivity index (χ2n) is 5.54. The number of nitriles is 1. The lowest BCUT2D eigenvalue weighted by molar-refractivity contribution is -0.127. The molecule has 3 aromatic rings. The zero-order chi connectivity index (χ0) is 18.4. The Morgan fingerprint density at radius 2 is 1.96 bits per heavy atom. The van der Waals surface area contributed by atoms with E-state index in [0.717, 1.165) is 5.69 Å². The van der Waals surface area contributed by atoms with Crippen molar-refractivity contribution in [2.24, 2.45) is 0 Å². The Balaban J connectivity index is 1.63. The Morgan fingerprint density at radius 1 is 1.23 bits per heavy atom. The second-order valence-corrected chi connectivity index (χ2v) is 5.54. The fourth-order valence-corrected chi connectivity index (χ4v) is 2.40. The normalized spacial score (nSPS) is 11.4. The first-order valence-electron chi connectivity index (χ1n) is 8.07. The van der Waals surface area contributed by atoms with E-state index in [1.165, 1.54) is 0 Å². The summed E-state index contributed by atoms with van der Waals surface area (Å²) in [5, 5.41) is 19.8. The van der Waals surface area contributed by atoms with Crippen molar-refractivity contribution in [3.8, 4) is 17.5 Å². The van der Waals surface area contributed by atoms with Crippen LogP contribution in [0.2, 0.25) is 0 Å². The molecule has 1 heterocycles. The van der Waals surface area contributed by atoms with Crippen LogP contribution in [0.15, 0.2) is 60.9 Å². The van der Waals surface area contributed by atoms with E-state index in [-0.39, 0.29) is 12.5 Å². The summed E-state index contributed by atoms with van der Waals surface area (Å²) in [6.45, 7) is 1.84. The number of carbonyl (C=O) groups is 1. The Hall–Kier alpha value is -3.66. The monoisotopic (exact) mass is 347 g/mol. The molecule has 130 valence electrons. The molecule has 0 radical (unpaired) electrons. The number of hydrogen-bond donors (Lipinski definition) is 1. The zero-order valence-corrected chi connectivity index (χ0v) is 14.2. The minimum absolute atomic E-state index is 0.210. The molecular formula is C19H17N5O2. The third-order valence-electron chi connectivity index (χ3n) is 3.75. The number of para-hydroxylation sites is 2. The third kappa shape index (κ3) is 3.87. The highest BCUT2D eigenvalue weighted by atomic mass is 16.5. The molecule has 7 nitrogen and oxygen atoms in total. The Kier molecular flexibility index (Phi) is 5.25. The van der Waals surface area contributed by atoms with Crippen molar-refractivity contribution in [1.29, 1.82) is 5.26 Å². The largest absolute Gasteiger partial charge is 0.480 e. The maximum Gasteiger partial charge on any atom is 0.261 e. The van der Waals surface area contributed by atoms with E-state index in [1.807, 2.05) is 36.4 Å². The summed E-state index contributed by atoms with van der Waals surface area (Å²) < 4.78 is 7.41. The predicted molar refractivity (Wildman–Crippen MR) is 94.5 cm³/mol. The number of ether oxygens (including phenoxy) is 1. The van der Waals surface area contributed by atoms with Gasteiger partial charge in [-0.2, -0.15) is 5.26 Å². The van der Waals surface area contributed by atoms with E-state index >= 15 is 0 Å². The molecule has 0 saturated carbocycles. The smallest absolute Gasteiger partial charge is 0.261 e. The van der Waals surface area contributed by atoms with Gasteiger partial charge >= 0.3 is 0 Å². The van der Waals surface area contributed by atoms with E-state index < -0.39 is 6.10 Å². The second kappa shape index (κ2) is 7.94. The van der Waals surface area contributed by atoms with Crippen LogP contribution in [0.3, 0.4) is 0 Å². The van der Waals surface area contributed by atoms with Gasteiger partial charge < -0.3 is 10.1 Å². The summed E-state index contributed by atoms with van der Waals surface area (Å²) in [7, 11) is 0. The summed E-state index contributed by atoms with van der Waals surface area (Å²) in [4.78, 5) is 12.3. The van der Waals surface area contributed by atoms with Crippen LogP contribution in [-0.4, -0.2) is 26.8 Å². The van der Waals surface area contributed by atoms with Gasteiger partial charge in [0, 0.05) is 5.69 Å². The van der Waals surface area contributed by atoms with Gasteiger partial charge in [-0.25, -0.2) is 0 Å². The predicted octanol–water partition coefficient (Wildman–Crippen LogP) is 2.22. The van der Waals surface area contributed by atoms with Crippen LogP contribution in [0.25, 0.3) is 5.69 Å². The van der Waals surface area contributed by atoms with Crippen molar-refractivity contribution < 1.29 is 9.53 Å². The number of nitrogens with zero attached hydrogens (tertiary/aromatic N) is 4. The fraction of sp³-hybridized carbons (Fsp3) is 0.158. The molecular weight excluding hydrogens is 330 g/mol. The molecule has 0 spiro atoms. The number of hydrogen-bond acceptors (Lipinski definition) is 5. The number of aromatic nitrogens is 3. The van der Waals surface area contributed by atoms with Gasteiger partial charge in [0.05, 0.1) is 12.1 Å². The summed E-state index contributed by atoms with van der Waals surface area (Å²) in [6.07, 6.45) is 0.845. The molecule has 0 saturated heterocycles. The number of amides is 1. The van der Waals surface area contributed by atoms with Crippen LogP contribution in [0, 0.1) is 11.3 Å². The third-order valence-corrected chi connectivity index (χ3v) is 3.75. The molecule has 1 N–H and O–H groups in total. The SMILES string of the molecule is C[C@@H](Oc1ccccc1C#N)C(=O)NCc1nncn1-c1ccccc1. The first-order chi connectivity index (χ1) is 12.7. The van der Waals surface area contributed by atoms with Crippen LogP contribution >= 0.6 is 0 Å².